The number of hydrogen-bond acceptors (Lipinski definition) is 3. The van der Waals surface area contributed by atoms with E-state index in [1.165, 1.54) is 9.75 Å². The van der Waals surface area contributed by atoms with E-state index in [-0.39, 0.29) is 5.75 Å². The highest BCUT2D eigenvalue weighted by Crippen LogP contribution is 2.28. The van der Waals surface area contributed by atoms with Crippen molar-refractivity contribution in [3.8, 4) is 5.75 Å². The number of furan rings is 1. The molecule has 3 aromatic rings. The molecule has 2 aromatic heterocycles. The fourth-order valence-electron chi connectivity index (χ4n) is 1.97. The molecule has 0 aliphatic rings. The van der Waals surface area contributed by atoms with Crippen molar-refractivity contribution in [2.24, 2.45) is 0 Å². The predicted octanol–water partition coefficient (Wildman–Crippen LogP) is 4.10. The second-order valence-electron chi connectivity index (χ2n) is 4.13. The molecule has 0 bridgehead atoms. The lowest BCUT2D eigenvalue weighted by Gasteiger charge is -1.96. The van der Waals surface area contributed by atoms with Crippen LogP contribution in [0.15, 0.2) is 41.0 Å². The molecule has 0 aliphatic carbocycles. The van der Waals surface area contributed by atoms with Gasteiger partial charge < -0.3 is 9.52 Å². The van der Waals surface area contributed by atoms with Gasteiger partial charge in [0.2, 0.25) is 0 Å². The lowest BCUT2D eigenvalue weighted by atomic mass is 10.1. The van der Waals surface area contributed by atoms with Crippen molar-refractivity contribution in [3.05, 3.63) is 51.9 Å². The molecule has 0 saturated carbocycles. The molecular weight excluding hydrogens is 232 g/mol. The Kier molecular flexibility index (Phi) is 2.41. The standard InChI is InChI=1S/C14H12O2S/c1-9-2-4-12(17-9)6-10-8-16-14-5-3-11(15)7-13(10)14/h2-5,7-8,15H,6H2,1H3. The van der Waals surface area contributed by atoms with Crippen LogP contribution in [-0.4, -0.2) is 5.11 Å². The first-order chi connectivity index (χ1) is 8.22. The average Bonchev–Trinajstić information content (AvgIpc) is 2.87. The number of benzene rings is 1. The van der Waals surface area contributed by atoms with Crippen molar-refractivity contribution in [3.63, 3.8) is 0 Å². The highest BCUT2D eigenvalue weighted by atomic mass is 32.1. The molecule has 0 amide bonds. The summed E-state index contributed by atoms with van der Waals surface area (Å²) in [5.74, 6) is 0.280. The van der Waals surface area contributed by atoms with Crippen molar-refractivity contribution in [1.82, 2.24) is 0 Å². The third kappa shape index (κ3) is 1.94. The Balaban J connectivity index is 2.03. The predicted molar refractivity (Wildman–Crippen MR) is 69.7 cm³/mol. The molecule has 0 spiro atoms. The summed E-state index contributed by atoms with van der Waals surface area (Å²) in [5.41, 5.74) is 1.95. The Morgan fingerprint density at radius 1 is 1.24 bits per heavy atom. The van der Waals surface area contributed by atoms with E-state index in [1.807, 2.05) is 0 Å². The summed E-state index contributed by atoms with van der Waals surface area (Å²) in [6.45, 7) is 2.10. The van der Waals surface area contributed by atoms with Crippen LogP contribution in [0.4, 0.5) is 0 Å². The van der Waals surface area contributed by atoms with Crippen LogP contribution in [0.5, 0.6) is 5.75 Å². The fourth-order valence-corrected chi connectivity index (χ4v) is 2.89. The highest BCUT2D eigenvalue weighted by molar-refractivity contribution is 7.11. The molecule has 0 fully saturated rings. The SMILES string of the molecule is Cc1ccc(Cc2coc3ccc(O)cc23)s1. The number of phenolic OH excluding ortho intramolecular Hbond substituents is 1. The Labute approximate surface area is 103 Å². The van der Waals surface area contributed by atoms with Gasteiger partial charge >= 0.3 is 0 Å². The van der Waals surface area contributed by atoms with Crippen molar-refractivity contribution >= 4 is 22.3 Å². The number of rotatable bonds is 2. The van der Waals surface area contributed by atoms with E-state index in [0.717, 1.165) is 23.0 Å². The summed E-state index contributed by atoms with van der Waals surface area (Å²) in [5, 5.41) is 10.5. The summed E-state index contributed by atoms with van der Waals surface area (Å²) in [6.07, 6.45) is 2.63. The van der Waals surface area contributed by atoms with Gasteiger partial charge in [-0.2, -0.15) is 0 Å². The van der Waals surface area contributed by atoms with Gasteiger partial charge in [-0.1, -0.05) is 0 Å². The van der Waals surface area contributed by atoms with Crippen LogP contribution < -0.4 is 0 Å². The number of aryl methyl sites for hydroxylation is 1. The van der Waals surface area contributed by atoms with E-state index in [4.69, 9.17) is 4.42 Å². The Bertz CT molecular complexity index is 664. The molecule has 2 nitrogen and oxygen atoms in total. The van der Waals surface area contributed by atoms with Crippen molar-refractivity contribution in [1.29, 1.82) is 0 Å². The minimum Gasteiger partial charge on any atom is -0.508 e. The van der Waals surface area contributed by atoms with Gasteiger partial charge in [-0.15, -0.1) is 11.3 Å². The second kappa shape index (κ2) is 3.93. The van der Waals surface area contributed by atoms with E-state index < -0.39 is 0 Å². The van der Waals surface area contributed by atoms with Gasteiger partial charge in [0, 0.05) is 27.1 Å². The molecule has 0 atom stereocenters. The van der Waals surface area contributed by atoms with Gasteiger partial charge in [-0.3, -0.25) is 0 Å². The molecule has 0 radical (unpaired) electrons. The van der Waals surface area contributed by atoms with Crippen LogP contribution in [0.25, 0.3) is 11.0 Å². The normalized spacial score (nSPS) is 11.1. The number of aromatic hydroxyl groups is 1. The molecule has 17 heavy (non-hydrogen) atoms. The monoisotopic (exact) mass is 244 g/mol. The molecule has 1 N–H and O–H groups in total. The van der Waals surface area contributed by atoms with Crippen LogP contribution in [0.3, 0.4) is 0 Å². The fraction of sp³-hybridized carbons (Fsp3) is 0.143. The summed E-state index contributed by atoms with van der Waals surface area (Å²) < 4.78 is 5.48. The van der Waals surface area contributed by atoms with E-state index >= 15 is 0 Å². The Hall–Kier alpha value is -1.74. The number of phenols is 1. The van der Waals surface area contributed by atoms with Crippen molar-refractivity contribution in [2.75, 3.05) is 0 Å². The third-order valence-electron chi connectivity index (χ3n) is 2.80. The van der Waals surface area contributed by atoms with Gasteiger partial charge in [0.1, 0.15) is 11.3 Å². The molecule has 1 aromatic carbocycles. The molecule has 3 rings (SSSR count). The van der Waals surface area contributed by atoms with Gasteiger partial charge in [-0.25, -0.2) is 0 Å². The van der Waals surface area contributed by atoms with Crippen LogP contribution in [0, 0.1) is 6.92 Å². The summed E-state index contributed by atoms with van der Waals surface area (Å²) >= 11 is 1.79. The van der Waals surface area contributed by atoms with Crippen molar-refractivity contribution in [2.45, 2.75) is 13.3 Å². The molecule has 3 heteroatoms. The molecular formula is C14H12O2S. The lowest BCUT2D eigenvalue weighted by Crippen LogP contribution is -1.81. The Morgan fingerprint density at radius 3 is 2.88 bits per heavy atom. The topological polar surface area (TPSA) is 33.4 Å². The average molecular weight is 244 g/mol. The van der Waals surface area contributed by atoms with E-state index in [0.29, 0.717) is 0 Å². The molecule has 0 saturated heterocycles. The van der Waals surface area contributed by atoms with Gasteiger partial charge in [0.05, 0.1) is 6.26 Å². The largest absolute Gasteiger partial charge is 0.508 e. The number of fused-ring (bicyclic) bond motifs is 1. The first-order valence-electron chi connectivity index (χ1n) is 5.47. The summed E-state index contributed by atoms with van der Waals surface area (Å²) in [4.78, 5) is 2.63. The number of thiophene rings is 1. The molecule has 86 valence electrons. The Morgan fingerprint density at radius 2 is 2.12 bits per heavy atom. The highest BCUT2D eigenvalue weighted by Gasteiger charge is 2.08. The van der Waals surface area contributed by atoms with Gasteiger partial charge in [-0.05, 0) is 37.3 Å². The smallest absolute Gasteiger partial charge is 0.134 e. The zero-order valence-corrected chi connectivity index (χ0v) is 10.3. The minimum atomic E-state index is 0.280. The third-order valence-corrected chi connectivity index (χ3v) is 3.80. The lowest BCUT2D eigenvalue weighted by molar-refractivity contribution is 0.476. The maximum absolute atomic E-state index is 9.50. The summed E-state index contributed by atoms with van der Waals surface area (Å²) in [7, 11) is 0. The van der Waals surface area contributed by atoms with Gasteiger partial charge in [0.15, 0.2) is 0 Å². The van der Waals surface area contributed by atoms with Gasteiger partial charge in [0.25, 0.3) is 0 Å². The first kappa shape index (κ1) is 10.4. The molecule has 0 unspecified atom stereocenters. The number of hydrogen-bond donors (Lipinski definition) is 1. The van der Waals surface area contributed by atoms with E-state index in [9.17, 15) is 5.11 Å². The quantitative estimate of drug-likeness (QED) is 0.736. The first-order valence-corrected chi connectivity index (χ1v) is 6.28. The van der Waals surface area contributed by atoms with Crippen LogP contribution in [0.1, 0.15) is 15.3 Å². The zero-order chi connectivity index (χ0) is 11.8. The van der Waals surface area contributed by atoms with Crippen LogP contribution >= 0.6 is 11.3 Å². The molecule has 0 aliphatic heterocycles. The summed E-state index contributed by atoms with van der Waals surface area (Å²) in [6, 6.07) is 9.47. The maximum atomic E-state index is 9.50. The van der Waals surface area contributed by atoms with Crippen LogP contribution in [-0.2, 0) is 6.42 Å². The van der Waals surface area contributed by atoms with E-state index in [2.05, 4.69) is 19.1 Å². The van der Waals surface area contributed by atoms with Crippen LogP contribution in [0.2, 0.25) is 0 Å². The zero-order valence-electron chi connectivity index (χ0n) is 9.43. The maximum Gasteiger partial charge on any atom is 0.134 e. The van der Waals surface area contributed by atoms with E-state index in [1.54, 1.807) is 35.8 Å². The molecule has 2 heterocycles. The van der Waals surface area contributed by atoms with Crippen molar-refractivity contribution < 1.29 is 9.52 Å². The minimum absolute atomic E-state index is 0.280. The second-order valence-corrected chi connectivity index (χ2v) is 5.50.